The summed E-state index contributed by atoms with van der Waals surface area (Å²) in [7, 11) is 0. The number of carbonyl (C=O) groups is 5. The van der Waals surface area contributed by atoms with Crippen molar-refractivity contribution < 1.29 is 52.4 Å². The molecule has 4 rings (SSSR count). The molecule has 0 aliphatic carbocycles. The predicted molar refractivity (Wildman–Crippen MR) is 176 cm³/mol. The van der Waals surface area contributed by atoms with Crippen LogP contribution in [0.15, 0.2) is 91.0 Å². The Morgan fingerprint density at radius 3 is 1.59 bits per heavy atom. The Hall–Kier alpha value is -4.49. The molecule has 0 radical (unpaired) electrons. The van der Waals surface area contributed by atoms with E-state index in [9.17, 15) is 24.0 Å². The van der Waals surface area contributed by atoms with Gasteiger partial charge in [-0.25, -0.2) is 14.4 Å². The molecule has 0 bridgehead atoms. The quantitative estimate of drug-likeness (QED) is 0.0802. The molecule has 1 aliphatic rings. The number of nitrogens with one attached hydrogen (secondary N) is 1. The topological polar surface area (TPSA) is 165 Å². The van der Waals surface area contributed by atoms with Crippen LogP contribution < -0.4 is 0 Å². The summed E-state index contributed by atoms with van der Waals surface area (Å²) in [5, 5.41) is 8.21. The molecule has 3 aromatic carbocycles. The highest BCUT2D eigenvalue weighted by molar-refractivity contribution is 6.76. The van der Waals surface area contributed by atoms with Gasteiger partial charge in [0, 0.05) is 6.42 Å². The summed E-state index contributed by atoms with van der Waals surface area (Å²) >= 11 is 17.7. The number of hydrogen-bond donors (Lipinski definition) is 1. The van der Waals surface area contributed by atoms with Gasteiger partial charge in [0.25, 0.3) is 3.79 Å². The second-order valence-corrected chi connectivity index (χ2v) is 12.9. The van der Waals surface area contributed by atoms with Gasteiger partial charge in [-0.15, -0.1) is 0 Å². The van der Waals surface area contributed by atoms with Gasteiger partial charge in [-0.05, 0) is 43.3 Å². The number of esters is 4. The number of halogens is 3. The van der Waals surface area contributed by atoms with Crippen LogP contribution in [0.3, 0.4) is 0 Å². The summed E-state index contributed by atoms with van der Waals surface area (Å²) in [5.74, 6) is -4.84. The summed E-state index contributed by atoms with van der Waals surface area (Å²) in [5.41, 5.74) is 0.322. The maximum Gasteiger partial charge on any atom is 0.338 e. The van der Waals surface area contributed by atoms with Crippen LogP contribution in [0.25, 0.3) is 0 Å². The van der Waals surface area contributed by atoms with E-state index in [4.69, 9.17) is 68.6 Å². The lowest BCUT2D eigenvalue weighted by Gasteiger charge is -2.44. The summed E-state index contributed by atoms with van der Waals surface area (Å²) < 4.78 is 32.0. The Morgan fingerprint density at radius 2 is 1.12 bits per heavy atom. The van der Waals surface area contributed by atoms with E-state index in [0.29, 0.717) is 0 Å². The lowest BCUT2D eigenvalue weighted by molar-refractivity contribution is -0.283. The van der Waals surface area contributed by atoms with E-state index >= 15 is 0 Å². The molecule has 1 aliphatic heterocycles. The third-order valence-corrected chi connectivity index (χ3v) is 7.44. The number of rotatable bonds is 12. The van der Waals surface area contributed by atoms with Crippen molar-refractivity contribution in [1.82, 2.24) is 0 Å². The van der Waals surface area contributed by atoms with Gasteiger partial charge in [-0.1, -0.05) is 89.4 Å². The first-order chi connectivity index (χ1) is 23.3. The zero-order valence-corrected chi connectivity index (χ0v) is 28.1. The van der Waals surface area contributed by atoms with Crippen LogP contribution in [0.5, 0.6) is 0 Å². The van der Waals surface area contributed by atoms with Crippen LogP contribution in [0, 0.1) is 5.41 Å². The molecule has 0 spiro atoms. The van der Waals surface area contributed by atoms with Crippen molar-refractivity contribution in [3.05, 3.63) is 108 Å². The fourth-order valence-corrected chi connectivity index (χ4v) is 4.66. The maximum atomic E-state index is 13.5. The van der Waals surface area contributed by atoms with Gasteiger partial charge < -0.3 is 33.2 Å². The van der Waals surface area contributed by atoms with Crippen LogP contribution in [-0.4, -0.2) is 76.7 Å². The Balaban J connectivity index is 1.78. The largest absolute Gasteiger partial charge is 0.459 e. The Bertz CT molecular complexity index is 1640. The van der Waals surface area contributed by atoms with E-state index in [1.54, 1.807) is 54.6 Å². The third-order valence-electron chi connectivity index (χ3n) is 6.92. The minimum atomic E-state index is -2.42. The number of hydrogen-bond acceptors (Lipinski definition) is 12. The highest BCUT2D eigenvalue weighted by Crippen LogP contribution is 2.34. The van der Waals surface area contributed by atoms with Gasteiger partial charge in [0.05, 0.1) is 23.1 Å². The van der Waals surface area contributed by atoms with E-state index < -0.39 is 70.9 Å². The molecule has 1 fully saturated rings. The van der Waals surface area contributed by atoms with Gasteiger partial charge in [-0.3, -0.25) is 10.2 Å². The molecule has 0 saturated carbocycles. The average Bonchev–Trinajstić information content (AvgIpc) is 3.09. The summed E-state index contributed by atoms with van der Waals surface area (Å²) in [6.45, 7) is 0.659. The fourth-order valence-electron chi connectivity index (χ4n) is 4.53. The molecule has 0 aromatic heterocycles. The molecule has 1 heterocycles. The molecule has 258 valence electrons. The molecule has 1 N–H and O–H groups in total. The molecular weight excluding hydrogens is 705 g/mol. The molecule has 1 saturated heterocycles. The average molecular weight is 735 g/mol. The Morgan fingerprint density at radius 1 is 0.653 bits per heavy atom. The zero-order chi connectivity index (χ0) is 35.6. The summed E-state index contributed by atoms with van der Waals surface area (Å²) in [6, 6.07) is 23.4. The molecule has 15 heteroatoms. The van der Waals surface area contributed by atoms with E-state index in [1.165, 1.54) is 43.3 Å². The van der Waals surface area contributed by atoms with Gasteiger partial charge in [-0.2, -0.15) is 0 Å². The number of benzene rings is 3. The summed E-state index contributed by atoms with van der Waals surface area (Å²) in [6.07, 6.45) is -9.02. The predicted octanol–water partition coefficient (Wildman–Crippen LogP) is 5.66. The van der Waals surface area contributed by atoms with Gasteiger partial charge in [0.1, 0.15) is 18.5 Å². The number of carbonyl (C=O) groups excluding carboxylic acids is 5. The first kappa shape index (κ1) is 37.3. The van der Waals surface area contributed by atoms with Crippen molar-refractivity contribution in [2.24, 2.45) is 0 Å². The van der Waals surface area contributed by atoms with Crippen molar-refractivity contribution >= 4 is 70.4 Å². The maximum absolute atomic E-state index is 13.5. The lowest BCUT2D eigenvalue weighted by atomic mass is 9.97. The van der Waals surface area contributed by atoms with Crippen molar-refractivity contribution in [3.8, 4) is 0 Å². The fraction of sp³-hybridized carbons (Fsp3) is 0.294. The zero-order valence-electron chi connectivity index (χ0n) is 25.8. The normalized spacial score (nSPS) is 20.3. The molecule has 5 atom stereocenters. The van der Waals surface area contributed by atoms with Gasteiger partial charge >= 0.3 is 23.9 Å². The van der Waals surface area contributed by atoms with Crippen LogP contribution in [0.2, 0.25) is 0 Å². The van der Waals surface area contributed by atoms with Crippen molar-refractivity contribution in [1.29, 1.82) is 5.41 Å². The smallest absolute Gasteiger partial charge is 0.338 e. The lowest BCUT2D eigenvalue weighted by Crippen LogP contribution is -2.63. The number of ketones is 1. The van der Waals surface area contributed by atoms with Crippen LogP contribution in [0.4, 0.5) is 0 Å². The molecule has 12 nitrogen and oxygen atoms in total. The SMILES string of the molecule is CC(=O)CCC(=O)O[C@H]1[C@H](OC(=O)c2ccccc2)[C@@H](OC(=O)c2ccccc2)[C@@H](OC(=N)C(Cl)(Cl)Cl)O[C@@H]1COC(=O)c1ccccc1. The Kier molecular flexibility index (Phi) is 13.1. The van der Waals surface area contributed by atoms with Crippen molar-refractivity contribution in [3.63, 3.8) is 0 Å². The first-order valence-electron chi connectivity index (χ1n) is 14.7. The number of ether oxygens (including phenoxy) is 6. The molecular formula is C34H30Cl3NO11. The second kappa shape index (κ2) is 17.3. The van der Waals surface area contributed by atoms with Crippen LogP contribution in [0.1, 0.15) is 50.8 Å². The highest BCUT2D eigenvalue weighted by atomic mass is 35.6. The van der Waals surface area contributed by atoms with Crippen molar-refractivity contribution in [2.45, 2.75) is 54.3 Å². The van der Waals surface area contributed by atoms with Gasteiger partial charge in [0.2, 0.25) is 18.3 Å². The second-order valence-electron chi connectivity index (χ2n) is 10.6. The van der Waals surface area contributed by atoms with E-state index in [-0.39, 0.29) is 35.3 Å². The van der Waals surface area contributed by atoms with E-state index in [2.05, 4.69) is 0 Å². The van der Waals surface area contributed by atoms with E-state index in [1.807, 2.05) is 0 Å². The first-order valence-corrected chi connectivity index (χ1v) is 15.9. The Labute approximate surface area is 295 Å². The number of alkyl halides is 3. The number of Topliss-reactive ketones (excluding diaryl/α,β-unsaturated/α-hetero) is 1. The summed E-state index contributed by atoms with van der Waals surface area (Å²) in [4.78, 5) is 64.5. The molecule has 0 unspecified atom stereocenters. The molecule has 0 amide bonds. The molecule has 3 aromatic rings. The highest BCUT2D eigenvalue weighted by Gasteiger charge is 2.55. The van der Waals surface area contributed by atoms with Crippen molar-refractivity contribution in [2.75, 3.05) is 6.61 Å². The van der Waals surface area contributed by atoms with Crippen LogP contribution in [-0.2, 0) is 38.0 Å². The minimum absolute atomic E-state index is 0.0692. The van der Waals surface area contributed by atoms with E-state index in [0.717, 1.165) is 0 Å². The third kappa shape index (κ3) is 10.8. The van der Waals surface area contributed by atoms with Gasteiger partial charge in [0.15, 0.2) is 12.2 Å². The molecule has 49 heavy (non-hydrogen) atoms. The minimum Gasteiger partial charge on any atom is -0.459 e. The monoisotopic (exact) mass is 733 g/mol. The van der Waals surface area contributed by atoms with Crippen LogP contribution >= 0.6 is 34.8 Å². The standard InChI is InChI=1S/C34H30Cl3NO11/c1-20(39)17-18-25(40)46-26-24(19-44-29(41)21-11-5-2-6-12-21)45-32(49-33(38)34(35,36)37)28(48-31(43)23-15-9-4-10-16-23)27(26)47-30(42)22-13-7-3-8-14-22/h2-16,24,26-28,32,38H,17-19H2,1H3/t24-,26-,27+,28-,32-/m1/s1.